The first-order chi connectivity index (χ1) is 9.72. The Balaban J connectivity index is 1.87. The minimum atomic E-state index is -0.144. The number of carbonyl (C=O) groups is 1. The maximum absolute atomic E-state index is 12.7. The number of fused-ring (bicyclic) bond motifs is 3. The Hall–Kier alpha value is -1.73. The minimum absolute atomic E-state index is 0.0265. The molecule has 1 atom stereocenters. The van der Waals surface area contributed by atoms with E-state index in [-0.39, 0.29) is 23.4 Å². The highest BCUT2D eigenvalue weighted by molar-refractivity contribution is 6.00. The molecule has 20 heavy (non-hydrogen) atoms. The molecule has 0 aliphatic carbocycles. The van der Waals surface area contributed by atoms with Gasteiger partial charge in [0.05, 0.1) is 26.5 Å². The fourth-order valence-corrected chi connectivity index (χ4v) is 2.79. The van der Waals surface area contributed by atoms with Gasteiger partial charge in [-0.15, -0.1) is 0 Å². The van der Waals surface area contributed by atoms with Crippen molar-refractivity contribution in [2.45, 2.75) is 6.04 Å². The summed E-state index contributed by atoms with van der Waals surface area (Å²) in [5.74, 6) is 0.543. The third-order valence-corrected chi connectivity index (χ3v) is 3.94. The minimum Gasteiger partial charge on any atom is -0.480 e. The predicted molar refractivity (Wildman–Crippen MR) is 71.3 cm³/mol. The van der Waals surface area contributed by atoms with Gasteiger partial charge in [-0.2, -0.15) is 4.98 Å². The zero-order chi connectivity index (χ0) is 14.1. The zero-order valence-corrected chi connectivity index (χ0v) is 11.7. The highest BCUT2D eigenvalue weighted by Gasteiger charge is 2.38. The summed E-state index contributed by atoms with van der Waals surface area (Å²) < 4.78 is 10.2. The number of hydrogen-bond acceptors (Lipinski definition) is 7. The molecular formula is C13H18N4O3. The standard InChI is InChI=1S/C13H18N4O3/c1-19-10-7-14-11(13(15-10)20-2)12(18)9-8-16-3-5-17(9)6-4-16/h7,9H,3-6,8H2,1-2H3. The van der Waals surface area contributed by atoms with Crippen LogP contribution in [0, 0.1) is 0 Å². The van der Waals surface area contributed by atoms with E-state index >= 15 is 0 Å². The van der Waals surface area contributed by atoms with Gasteiger partial charge in [-0.1, -0.05) is 0 Å². The van der Waals surface area contributed by atoms with E-state index in [0.29, 0.717) is 5.88 Å². The quantitative estimate of drug-likeness (QED) is 0.699. The molecule has 0 N–H and O–H groups in total. The van der Waals surface area contributed by atoms with Crippen molar-refractivity contribution in [2.75, 3.05) is 46.9 Å². The Morgan fingerprint density at radius 3 is 2.55 bits per heavy atom. The maximum atomic E-state index is 12.7. The molecule has 4 heterocycles. The molecule has 1 aromatic rings. The van der Waals surface area contributed by atoms with E-state index in [1.165, 1.54) is 20.4 Å². The number of ether oxygens (including phenoxy) is 2. The first kappa shape index (κ1) is 13.3. The highest BCUT2D eigenvalue weighted by Crippen LogP contribution is 2.23. The van der Waals surface area contributed by atoms with Crippen LogP contribution in [0.2, 0.25) is 0 Å². The van der Waals surface area contributed by atoms with Gasteiger partial charge in [0.15, 0.2) is 5.69 Å². The van der Waals surface area contributed by atoms with E-state index < -0.39 is 0 Å². The highest BCUT2D eigenvalue weighted by atomic mass is 16.5. The van der Waals surface area contributed by atoms with Crippen LogP contribution >= 0.6 is 0 Å². The Morgan fingerprint density at radius 1 is 1.25 bits per heavy atom. The first-order valence-electron chi connectivity index (χ1n) is 6.68. The summed E-state index contributed by atoms with van der Waals surface area (Å²) in [5, 5.41) is 0. The zero-order valence-electron chi connectivity index (χ0n) is 11.7. The second-order valence-electron chi connectivity index (χ2n) is 4.99. The third-order valence-electron chi connectivity index (χ3n) is 3.94. The van der Waals surface area contributed by atoms with Gasteiger partial charge in [-0.05, 0) is 0 Å². The number of methoxy groups -OCH3 is 2. The summed E-state index contributed by atoms with van der Waals surface area (Å²) in [6.07, 6.45) is 1.45. The predicted octanol–water partition coefficient (Wildman–Crippen LogP) is -0.324. The normalized spacial score (nSPS) is 28.2. The van der Waals surface area contributed by atoms with Gasteiger partial charge in [0.25, 0.3) is 0 Å². The molecule has 7 heteroatoms. The maximum Gasteiger partial charge on any atom is 0.246 e. The summed E-state index contributed by atoms with van der Waals surface area (Å²) in [7, 11) is 2.99. The van der Waals surface area contributed by atoms with E-state index in [1.54, 1.807) is 0 Å². The Morgan fingerprint density at radius 2 is 2.00 bits per heavy atom. The van der Waals surface area contributed by atoms with Gasteiger partial charge >= 0.3 is 0 Å². The molecule has 3 fully saturated rings. The lowest BCUT2D eigenvalue weighted by Crippen LogP contribution is -2.63. The second kappa shape index (κ2) is 5.34. The van der Waals surface area contributed by atoms with Crippen molar-refractivity contribution in [3.8, 4) is 11.8 Å². The summed E-state index contributed by atoms with van der Waals surface area (Å²) >= 11 is 0. The number of ketones is 1. The molecule has 4 rings (SSSR count). The van der Waals surface area contributed by atoms with Crippen molar-refractivity contribution >= 4 is 5.78 Å². The van der Waals surface area contributed by atoms with E-state index in [2.05, 4.69) is 19.8 Å². The number of Topliss-reactive ketones (excluding diaryl/α,β-unsaturated/α-hetero) is 1. The fourth-order valence-electron chi connectivity index (χ4n) is 2.79. The molecule has 0 amide bonds. The van der Waals surface area contributed by atoms with Crippen molar-refractivity contribution in [1.82, 2.24) is 19.8 Å². The van der Waals surface area contributed by atoms with Crippen molar-refractivity contribution < 1.29 is 14.3 Å². The van der Waals surface area contributed by atoms with Crippen LogP contribution in [-0.4, -0.2) is 78.5 Å². The van der Waals surface area contributed by atoms with Crippen LogP contribution in [0.4, 0.5) is 0 Å². The molecule has 0 radical (unpaired) electrons. The van der Waals surface area contributed by atoms with Crippen LogP contribution in [0.15, 0.2) is 6.20 Å². The van der Waals surface area contributed by atoms with Gasteiger partial charge in [0.1, 0.15) is 0 Å². The van der Waals surface area contributed by atoms with Gasteiger partial charge in [0, 0.05) is 32.7 Å². The molecule has 3 saturated heterocycles. The molecule has 0 aromatic carbocycles. The Kier molecular flexibility index (Phi) is 3.54. The first-order valence-corrected chi connectivity index (χ1v) is 6.68. The SMILES string of the molecule is COc1cnc(C(=O)C2CN3CCN2CC3)c(OC)n1. The number of aromatic nitrogens is 2. The fraction of sp³-hybridized carbons (Fsp3) is 0.615. The number of carbonyl (C=O) groups excluding carboxylic acids is 1. The molecule has 7 nitrogen and oxygen atoms in total. The summed E-state index contributed by atoms with van der Waals surface area (Å²) in [4.78, 5) is 25.5. The lowest BCUT2D eigenvalue weighted by atomic mass is 10.0. The van der Waals surface area contributed by atoms with Gasteiger partial charge < -0.3 is 9.47 Å². The van der Waals surface area contributed by atoms with Crippen LogP contribution in [-0.2, 0) is 0 Å². The van der Waals surface area contributed by atoms with Gasteiger partial charge in [0.2, 0.25) is 17.5 Å². The third kappa shape index (κ3) is 2.23. The smallest absolute Gasteiger partial charge is 0.246 e. The summed E-state index contributed by atoms with van der Waals surface area (Å²) in [6, 6.07) is -0.144. The van der Waals surface area contributed by atoms with E-state index in [1.807, 2.05) is 0 Å². The van der Waals surface area contributed by atoms with Crippen molar-refractivity contribution in [1.29, 1.82) is 0 Å². The van der Waals surface area contributed by atoms with Crippen LogP contribution in [0.3, 0.4) is 0 Å². The van der Waals surface area contributed by atoms with E-state index in [4.69, 9.17) is 9.47 Å². The molecule has 108 valence electrons. The molecule has 3 aliphatic rings. The molecule has 1 unspecified atom stereocenters. The summed E-state index contributed by atoms with van der Waals surface area (Å²) in [5.41, 5.74) is 0.284. The Labute approximate surface area is 117 Å². The number of rotatable bonds is 4. The number of hydrogen-bond donors (Lipinski definition) is 0. The lowest BCUT2D eigenvalue weighted by Gasteiger charge is -2.46. The van der Waals surface area contributed by atoms with E-state index in [9.17, 15) is 4.79 Å². The number of piperazine rings is 3. The topological polar surface area (TPSA) is 67.8 Å². The van der Waals surface area contributed by atoms with Crippen molar-refractivity contribution in [3.63, 3.8) is 0 Å². The van der Waals surface area contributed by atoms with Crippen LogP contribution in [0.1, 0.15) is 10.5 Å². The molecule has 0 spiro atoms. The van der Waals surface area contributed by atoms with E-state index in [0.717, 1.165) is 32.7 Å². The van der Waals surface area contributed by atoms with Crippen LogP contribution in [0.25, 0.3) is 0 Å². The van der Waals surface area contributed by atoms with Gasteiger partial charge in [-0.25, -0.2) is 4.98 Å². The molecular weight excluding hydrogens is 260 g/mol. The van der Waals surface area contributed by atoms with Crippen LogP contribution < -0.4 is 9.47 Å². The van der Waals surface area contributed by atoms with Gasteiger partial charge in [-0.3, -0.25) is 14.6 Å². The monoisotopic (exact) mass is 278 g/mol. The second-order valence-corrected chi connectivity index (χ2v) is 4.99. The average molecular weight is 278 g/mol. The lowest BCUT2D eigenvalue weighted by molar-refractivity contribution is 0.0154. The van der Waals surface area contributed by atoms with Crippen molar-refractivity contribution in [2.24, 2.45) is 0 Å². The Bertz CT molecular complexity index is 514. The van der Waals surface area contributed by atoms with Crippen molar-refractivity contribution in [3.05, 3.63) is 11.9 Å². The molecule has 1 aromatic heterocycles. The average Bonchev–Trinajstić information content (AvgIpc) is 2.54. The molecule has 2 bridgehead atoms. The van der Waals surface area contributed by atoms with Crippen LogP contribution in [0.5, 0.6) is 11.8 Å². The molecule has 0 saturated carbocycles. The number of nitrogens with zero attached hydrogens (tertiary/aromatic N) is 4. The largest absolute Gasteiger partial charge is 0.480 e. The molecule has 3 aliphatic heterocycles. The summed E-state index contributed by atoms with van der Waals surface area (Å²) in [6.45, 7) is 4.70.